The van der Waals surface area contributed by atoms with Gasteiger partial charge >= 0.3 is 23.9 Å². The van der Waals surface area contributed by atoms with Gasteiger partial charge in [-0.05, 0) is 68.3 Å². The van der Waals surface area contributed by atoms with Crippen LogP contribution in [0.2, 0.25) is 0 Å². The van der Waals surface area contributed by atoms with Crippen molar-refractivity contribution < 1.29 is 48.3 Å². The summed E-state index contributed by atoms with van der Waals surface area (Å²) in [5.74, 6) is -1.81. The third kappa shape index (κ3) is 11.1. The summed E-state index contributed by atoms with van der Waals surface area (Å²) in [5, 5.41) is 17.5. The van der Waals surface area contributed by atoms with Crippen LogP contribution in [-0.4, -0.2) is 60.5 Å². The van der Waals surface area contributed by atoms with Crippen LogP contribution in [0.15, 0.2) is 45.3 Å². The number of esters is 3. The fraction of sp³-hybridized carbons (Fsp3) is 0.273. The molecule has 34 heavy (non-hydrogen) atoms. The maximum atomic E-state index is 11.8. The van der Waals surface area contributed by atoms with Gasteiger partial charge in [-0.2, -0.15) is 0 Å². The minimum atomic E-state index is -1.01. The van der Waals surface area contributed by atoms with E-state index in [4.69, 9.17) is 24.4 Å². The van der Waals surface area contributed by atoms with Gasteiger partial charge in [-0.1, -0.05) is 0 Å². The van der Waals surface area contributed by atoms with Crippen LogP contribution in [0.1, 0.15) is 34.6 Å². The smallest absolute Gasteiger partial charge is 0.338 e. The third-order valence-corrected chi connectivity index (χ3v) is 4.89. The zero-order valence-corrected chi connectivity index (χ0v) is 21.4. The minimum Gasteiger partial charge on any atom is -0.507 e. The van der Waals surface area contributed by atoms with Gasteiger partial charge < -0.3 is 29.2 Å². The number of hydrogen-bond acceptors (Lipinski definition) is 9. The number of aromatic carboxylic acids is 1. The number of carboxylic acids is 1. The summed E-state index contributed by atoms with van der Waals surface area (Å²) in [4.78, 5) is 43.4. The molecule has 0 atom stereocenters. The van der Waals surface area contributed by atoms with E-state index in [1.807, 2.05) is 0 Å². The molecule has 0 spiro atoms. The van der Waals surface area contributed by atoms with Crippen LogP contribution in [0.4, 0.5) is 0 Å². The van der Waals surface area contributed by atoms with Crippen molar-refractivity contribution in [3.63, 3.8) is 0 Å². The summed E-state index contributed by atoms with van der Waals surface area (Å²) in [6.07, 6.45) is 0. The number of hydrogen-bond donors (Lipinski definition) is 2. The molecule has 0 aliphatic heterocycles. The Morgan fingerprint density at radius 1 is 0.765 bits per heavy atom. The van der Waals surface area contributed by atoms with Crippen molar-refractivity contribution in [1.82, 2.24) is 0 Å². The number of carboxylic acid groups (broad SMARTS) is 1. The maximum absolute atomic E-state index is 11.8. The summed E-state index contributed by atoms with van der Waals surface area (Å²) in [5.41, 5.74) is 0.474. The van der Waals surface area contributed by atoms with Crippen LogP contribution in [0.3, 0.4) is 0 Å². The first-order valence-electron chi connectivity index (χ1n) is 9.59. The summed E-state index contributed by atoms with van der Waals surface area (Å²) < 4.78 is 20.7. The standard InChI is InChI=1S/C15H17BrO7.C7H5BrO3/c1-10(17)20-5-7-22-14-4-3-12(9-13(14)16)15(19)23-8-6-21-11(2)18;8-5-3-4(7(10)11)1-2-6(5)9/h3-4,9H,5-8H2,1-2H3;1-3,9H,(H,10,11). The van der Waals surface area contributed by atoms with Gasteiger partial charge in [0.05, 0.1) is 20.1 Å². The molecule has 2 rings (SSSR count). The minimum absolute atomic E-state index is 0.0135. The second kappa shape index (κ2) is 14.9. The molecule has 12 heteroatoms. The molecule has 184 valence electrons. The molecule has 2 aromatic rings. The van der Waals surface area contributed by atoms with Gasteiger partial charge in [-0.15, -0.1) is 0 Å². The lowest BCUT2D eigenvalue weighted by molar-refractivity contribution is -0.142. The number of phenols is 1. The molecular weight excluding hydrogens is 584 g/mol. The summed E-state index contributed by atoms with van der Waals surface area (Å²) in [6.45, 7) is 2.93. The molecule has 0 saturated carbocycles. The van der Waals surface area contributed by atoms with Gasteiger partial charge in [-0.25, -0.2) is 9.59 Å². The van der Waals surface area contributed by atoms with Crippen LogP contribution in [0.5, 0.6) is 11.5 Å². The van der Waals surface area contributed by atoms with Crippen LogP contribution in [-0.2, 0) is 23.8 Å². The molecule has 0 radical (unpaired) electrons. The SMILES string of the molecule is CC(=O)OCCOC(=O)c1ccc(OCCOC(C)=O)c(Br)c1.O=C(O)c1ccc(O)c(Br)c1. The highest BCUT2D eigenvalue weighted by Crippen LogP contribution is 2.26. The van der Waals surface area contributed by atoms with E-state index < -0.39 is 17.9 Å². The molecule has 10 nitrogen and oxygen atoms in total. The molecule has 0 aliphatic carbocycles. The molecular formula is C22H22Br2O10. The van der Waals surface area contributed by atoms with E-state index in [-0.39, 0.29) is 43.7 Å². The molecule has 0 aliphatic rings. The lowest BCUT2D eigenvalue weighted by atomic mass is 10.2. The van der Waals surface area contributed by atoms with Gasteiger partial charge in [0.15, 0.2) is 0 Å². The number of carbonyl (C=O) groups is 4. The number of benzene rings is 2. The Kier molecular flexibility index (Phi) is 12.7. The van der Waals surface area contributed by atoms with Crippen molar-refractivity contribution in [3.8, 4) is 11.5 Å². The zero-order chi connectivity index (χ0) is 25.7. The van der Waals surface area contributed by atoms with E-state index in [0.717, 1.165) is 0 Å². The zero-order valence-electron chi connectivity index (χ0n) is 18.2. The van der Waals surface area contributed by atoms with Crippen LogP contribution < -0.4 is 4.74 Å². The normalized spacial score (nSPS) is 9.76. The fourth-order valence-electron chi connectivity index (χ4n) is 2.12. The number of ether oxygens (including phenoxy) is 4. The number of phenolic OH excluding ortho intramolecular Hbond substituents is 1. The largest absolute Gasteiger partial charge is 0.507 e. The first-order valence-corrected chi connectivity index (χ1v) is 11.2. The summed E-state index contributed by atoms with van der Waals surface area (Å²) in [7, 11) is 0. The van der Waals surface area contributed by atoms with Crippen LogP contribution in [0, 0.1) is 0 Å². The molecule has 0 unspecified atom stereocenters. The number of rotatable bonds is 9. The number of carbonyl (C=O) groups excluding carboxylic acids is 3. The first kappa shape index (κ1) is 28.9. The van der Waals surface area contributed by atoms with Gasteiger partial charge in [0.25, 0.3) is 0 Å². The van der Waals surface area contributed by atoms with Crippen molar-refractivity contribution in [1.29, 1.82) is 0 Å². The van der Waals surface area contributed by atoms with Crippen LogP contribution in [0.25, 0.3) is 0 Å². The molecule has 0 saturated heterocycles. The van der Waals surface area contributed by atoms with Gasteiger partial charge in [-0.3, -0.25) is 9.59 Å². The Morgan fingerprint density at radius 2 is 1.29 bits per heavy atom. The molecule has 0 fully saturated rings. The van der Waals surface area contributed by atoms with Crippen molar-refractivity contribution in [2.75, 3.05) is 26.4 Å². The van der Waals surface area contributed by atoms with Crippen LogP contribution >= 0.6 is 31.9 Å². The molecule has 0 amide bonds. The van der Waals surface area contributed by atoms with E-state index in [1.165, 1.54) is 32.0 Å². The third-order valence-electron chi connectivity index (χ3n) is 3.63. The number of aromatic hydroxyl groups is 1. The average molecular weight is 606 g/mol. The summed E-state index contributed by atoms with van der Waals surface area (Å²) in [6, 6.07) is 8.70. The lowest BCUT2D eigenvalue weighted by Crippen LogP contribution is -2.13. The Hall–Kier alpha value is -3.12. The van der Waals surface area contributed by atoms with E-state index in [1.54, 1.807) is 18.2 Å². The second-order valence-corrected chi connectivity index (χ2v) is 7.99. The lowest BCUT2D eigenvalue weighted by Gasteiger charge is -2.10. The fourth-order valence-corrected chi connectivity index (χ4v) is 3.00. The van der Waals surface area contributed by atoms with Crippen molar-refractivity contribution >= 4 is 55.7 Å². The van der Waals surface area contributed by atoms with E-state index in [9.17, 15) is 19.2 Å². The van der Waals surface area contributed by atoms with Crippen molar-refractivity contribution in [2.45, 2.75) is 13.8 Å². The number of halogens is 2. The van der Waals surface area contributed by atoms with Gasteiger partial charge in [0.2, 0.25) is 0 Å². The molecule has 2 N–H and O–H groups in total. The Balaban J connectivity index is 0.000000437. The topological polar surface area (TPSA) is 146 Å². The Labute approximate surface area is 212 Å². The molecule has 0 bridgehead atoms. The van der Waals surface area contributed by atoms with Crippen molar-refractivity contribution in [3.05, 3.63) is 56.5 Å². The van der Waals surface area contributed by atoms with Crippen molar-refractivity contribution in [2.24, 2.45) is 0 Å². The molecule has 0 aromatic heterocycles. The monoisotopic (exact) mass is 604 g/mol. The van der Waals surface area contributed by atoms with E-state index >= 15 is 0 Å². The summed E-state index contributed by atoms with van der Waals surface area (Å²) >= 11 is 6.29. The Morgan fingerprint density at radius 3 is 1.82 bits per heavy atom. The maximum Gasteiger partial charge on any atom is 0.338 e. The predicted molar refractivity (Wildman–Crippen MR) is 126 cm³/mol. The Bertz CT molecular complexity index is 1020. The van der Waals surface area contributed by atoms with E-state index in [0.29, 0.717) is 20.3 Å². The average Bonchev–Trinajstić information content (AvgIpc) is 2.76. The molecule has 2 aromatic carbocycles. The highest BCUT2D eigenvalue weighted by atomic mass is 79.9. The highest BCUT2D eigenvalue weighted by molar-refractivity contribution is 9.10. The van der Waals surface area contributed by atoms with E-state index in [2.05, 4.69) is 36.6 Å². The predicted octanol–water partition coefficient (Wildman–Crippen LogP) is 3.96. The highest BCUT2D eigenvalue weighted by Gasteiger charge is 2.11. The quantitative estimate of drug-likeness (QED) is 0.244. The molecule has 0 heterocycles. The van der Waals surface area contributed by atoms with Gasteiger partial charge in [0.1, 0.15) is 37.9 Å². The van der Waals surface area contributed by atoms with Gasteiger partial charge in [0, 0.05) is 13.8 Å². The first-order chi connectivity index (χ1) is 16.0. The second-order valence-electron chi connectivity index (χ2n) is 6.28.